The number of pyridine rings is 1. The second-order valence-corrected chi connectivity index (χ2v) is 14.8. The molecule has 1 spiro atoms. The highest BCUT2D eigenvalue weighted by molar-refractivity contribution is 7.93. The molecule has 13 heteroatoms. The first kappa shape index (κ1) is 31.4. The van der Waals surface area contributed by atoms with E-state index in [-0.39, 0.29) is 16.1 Å². The number of benzene rings is 2. The van der Waals surface area contributed by atoms with E-state index in [9.17, 15) is 13.7 Å². The van der Waals surface area contributed by atoms with Gasteiger partial charge in [0.25, 0.3) is 15.9 Å². The lowest BCUT2D eigenvalue weighted by atomic mass is 9.67. The third-order valence-electron chi connectivity index (χ3n) is 10.3. The monoisotopic (exact) mass is 658 g/mol. The number of nitrogens with zero attached hydrogens (tertiary/aromatic N) is 6. The molecule has 246 valence electrons. The zero-order valence-electron chi connectivity index (χ0n) is 27.0. The zero-order valence-corrected chi connectivity index (χ0v) is 27.8. The summed E-state index contributed by atoms with van der Waals surface area (Å²) in [5.74, 6) is 0.577. The predicted molar refractivity (Wildman–Crippen MR) is 173 cm³/mol. The molecule has 2 aromatic carbocycles. The van der Waals surface area contributed by atoms with Crippen molar-refractivity contribution in [1.29, 1.82) is 5.26 Å². The molecule has 3 aromatic rings. The molecule has 0 N–H and O–H groups in total. The summed E-state index contributed by atoms with van der Waals surface area (Å²) in [6.07, 6.45) is 3.57. The fourth-order valence-corrected chi connectivity index (χ4v) is 9.27. The van der Waals surface area contributed by atoms with Crippen LogP contribution in [-0.4, -0.2) is 108 Å². The minimum absolute atomic E-state index is 0.0282. The van der Waals surface area contributed by atoms with Gasteiger partial charge in [-0.1, -0.05) is 0 Å². The van der Waals surface area contributed by atoms with E-state index in [0.29, 0.717) is 53.1 Å². The van der Waals surface area contributed by atoms with Crippen molar-refractivity contribution >= 4 is 21.6 Å². The van der Waals surface area contributed by atoms with Gasteiger partial charge in [0.15, 0.2) is 10.6 Å². The molecular weight excluding hydrogens is 620 g/mol. The van der Waals surface area contributed by atoms with Crippen LogP contribution in [0.5, 0.6) is 17.2 Å². The van der Waals surface area contributed by atoms with Crippen molar-refractivity contribution in [1.82, 2.24) is 19.7 Å². The lowest BCUT2D eigenvalue weighted by molar-refractivity contribution is -0.169. The molecule has 47 heavy (non-hydrogen) atoms. The van der Waals surface area contributed by atoms with E-state index in [0.717, 1.165) is 43.3 Å². The Labute approximate surface area is 275 Å². The summed E-state index contributed by atoms with van der Waals surface area (Å²) in [6, 6.07) is 15.4. The molecule has 0 saturated carbocycles. The van der Waals surface area contributed by atoms with Crippen LogP contribution in [0.4, 0.5) is 5.69 Å². The highest BCUT2D eigenvalue weighted by atomic mass is 32.2. The number of anilines is 1. The van der Waals surface area contributed by atoms with Crippen LogP contribution in [0.3, 0.4) is 0 Å². The van der Waals surface area contributed by atoms with Gasteiger partial charge in [-0.2, -0.15) is 18.0 Å². The van der Waals surface area contributed by atoms with Crippen LogP contribution in [0.1, 0.15) is 29.5 Å². The predicted octanol–water partition coefficient (Wildman–Crippen LogP) is 2.67. The molecule has 3 fully saturated rings. The Bertz CT molecular complexity index is 1860. The van der Waals surface area contributed by atoms with Crippen molar-refractivity contribution in [2.45, 2.75) is 29.4 Å². The van der Waals surface area contributed by atoms with Gasteiger partial charge in [0.1, 0.15) is 17.2 Å². The third-order valence-corrected chi connectivity index (χ3v) is 11.9. The van der Waals surface area contributed by atoms with Crippen molar-refractivity contribution in [3.8, 4) is 23.3 Å². The average Bonchev–Trinajstić information content (AvgIpc) is 3.32. The van der Waals surface area contributed by atoms with Crippen LogP contribution in [0, 0.1) is 16.7 Å². The number of likely N-dealkylation sites (tertiary alicyclic amines) is 3. The lowest BCUT2D eigenvalue weighted by Crippen LogP contribution is -2.77. The van der Waals surface area contributed by atoms with Crippen LogP contribution in [-0.2, 0) is 20.4 Å². The number of hydrogen-bond donors (Lipinski definition) is 0. The summed E-state index contributed by atoms with van der Waals surface area (Å²) in [7, 11) is 2.17. The Morgan fingerprint density at radius 3 is 2.21 bits per heavy atom. The first-order chi connectivity index (χ1) is 22.6. The van der Waals surface area contributed by atoms with Crippen LogP contribution < -0.4 is 18.5 Å². The molecule has 0 aliphatic carbocycles. The van der Waals surface area contributed by atoms with Crippen molar-refractivity contribution in [2.24, 2.45) is 5.41 Å². The number of amides is 1. The fourth-order valence-electron chi connectivity index (χ4n) is 7.88. The van der Waals surface area contributed by atoms with E-state index < -0.39 is 21.5 Å². The molecule has 7 rings (SSSR count). The number of methoxy groups -OCH3 is 3. The minimum Gasteiger partial charge on any atom is -0.497 e. The van der Waals surface area contributed by atoms with Gasteiger partial charge in [0.05, 0.1) is 44.8 Å². The molecule has 0 radical (unpaired) electrons. The van der Waals surface area contributed by atoms with E-state index in [2.05, 4.69) is 32.8 Å². The number of hydrogen-bond acceptors (Lipinski definition) is 11. The summed E-state index contributed by atoms with van der Waals surface area (Å²) >= 11 is 0. The van der Waals surface area contributed by atoms with Crippen molar-refractivity contribution in [3.63, 3.8) is 0 Å². The maximum atomic E-state index is 15.2. The maximum Gasteiger partial charge on any atom is 0.288 e. The molecule has 4 aliphatic rings. The summed E-state index contributed by atoms with van der Waals surface area (Å²) in [6.45, 7) is 5.12. The fraction of sp³-hybridized carbons (Fsp3) is 0.441. The number of nitriles is 1. The molecule has 3 saturated heterocycles. The van der Waals surface area contributed by atoms with Crippen LogP contribution in [0.2, 0.25) is 0 Å². The second kappa shape index (κ2) is 11.5. The number of aromatic nitrogens is 1. The van der Waals surface area contributed by atoms with Gasteiger partial charge >= 0.3 is 0 Å². The van der Waals surface area contributed by atoms with Crippen LogP contribution >= 0.6 is 0 Å². The minimum atomic E-state index is -4.50. The highest BCUT2D eigenvalue weighted by Gasteiger charge is 2.67. The summed E-state index contributed by atoms with van der Waals surface area (Å²) in [5.41, 5.74) is -0.342. The quantitative estimate of drug-likeness (QED) is 0.354. The molecule has 1 aromatic heterocycles. The van der Waals surface area contributed by atoms with Crippen molar-refractivity contribution in [3.05, 3.63) is 71.4 Å². The number of piperidine rings is 1. The van der Waals surface area contributed by atoms with Crippen molar-refractivity contribution in [2.75, 3.05) is 72.0 Å². The molecule has 12 nitrogen and oxygen atoms in total. The smallest absolute Gasteiger partial charge is 0.288 e. The van der Waals surface area contributed by atoms with Crippen molar-refractivity contribution < 1.29 is 27.4 Å². The Hall–Kier alpha value is -4.22. The molecule has 4 aliphatic heterocycles. The first-order valence-electron chi connectivity index (χ1n) is 15.6. The Balaban J connectivity index is 1.35. The van der Waals surface area contributed by atoms with E-state index in [4.69, 9.17) is 14.2 Å². The van der Waals surface area contributed by atoms with Gasteiger partial charge in [0.2, 0.25) is 0 Å². The number of carbonyl (C=O) groups is 1. The Morgan fingerprint density at radius 1 is 0.894 bits per heavy atom. The number of rotatable bonds is 8. The Kier molecular flexibility index (Phi) is 7.67. The molecule has 1 unspecified atom stereocenters. The molecule has 1 atom stereocenters. The van der Waals surface area contributed by atoms with Gasteiger partial charge in [-0.05, 0) is 81.5 Å². The summed E-state index contributed by atoms with van der Waals surface area (Å²) < 4.78 is 46.2. The molecule has 1 amide bonds. The summed E-state index contributed by atoms with van der Waals surface area (Å²) in [5, 5.41) is 9.66. The van der Waals surface area contributed by atoms with Crippen LogP contribution in [0.15, 0.2) is 59.8 Å². The zero-order chi connectivity index (χ0) is 33.1. The normalized spacial score (nSPS) is 23.1. The average molecular weight is 659 g/mol. The van der Waals surface area contributed by atoms with Gasteiger partial charge in [-0.15, -0.1) is 0 Å². The van der Waals surface area contributed by atoms with Gasteiger partial charge in [-0.25, -0.2) is 4.98 Å². The maximum absolute atomic E-state index is 15.2. The van der Waals surface area contributed by atoms with Crippen LogP contribution in [0.25, 0.3) is 0 Å². The van der Waals surface area contributed by atoms with Gasteiger partial charge in [-0.3, -0.25) is 14.6 Å². The SMILES string of the molecule is COc1ccc(S(=O)(=O)N2C(=O)C(c3cc(OC)ccc3OC)(N3CC4(CN(C5CCN(C)CC5)C4)C3)c3cc(C#N)ccc32)nc1. The largest absolute Gasteiger partial charge is 0.497 e. The number of ether oxygens (including phenoxy) is 3. The molecule has 0 bridgehead atoms. The summed E-state index contributed by atoms with van der Waals surface area (Å²) in [4.78, 5) is 26.4. The van der Waals surface area contributed by atoms with E-state index in [1.807, 2.05) is 0 Å². The van der Waals surface area contributed by atoms with E-state index in [1.54, 1.807) is 24.3 Å². The molecule has 5 heterocycles. The molecular formula is C34H38N6O6S. The number of fused-ring (bicyclic) bond motifs is 1. The highest BCUT2D eigenvalue weighted by Crippen LogP contribution is 2.57. The van der Waals surface area contributed by atoms with E-state index in [1.165, 1.54) is 51.8 Å². The number of sulfonamides is 1. The lowest BCUT2D eigenvalue weighted by Gasteiger charge is -2.65. The van der Waals surface area contributed by atoms with E-state index >= 15 is 4.79 Å². The number of carbonyl (C=O) groups excluding carboxylic acids is 1. The first-order valence-corrected chi connectivity index (χ1v) is 17.1. The topological polar surface area (TPSA) is 129 Å². The Morgan fingerprint density at radius 2 is 1.60 bits per heavy atom. The van der Waals surface area contributed by atoms with Gasteiger partial charge in [0, 0.05) is 48.8 Å². The second-order valence-electron chi connectivity index (χ2n) is 13.0. The van der Waals surface area contributed by atoms with Gasteiger partial charge < -0.3 is 19.1 Å². The third kappa shape index (κ3) is 4.77. The standard InChI is InChI=1S/C34H38N6O6S/c1-37-13-11-24(12-14-37)38-19-33(20-38)21-39(22-33)34(28-16-25(44-2)6-9-30(28)46-4)27-15-23(17-35)5-8-29(27)40(32(34)41)47(42,43)31-10-7-26(45-3)18-36-31/h5-10,15-16,18,24H,11-14,19-22H2,1-4H3.